The fraction of sp³-hybridized carbons (Fsp3) is 0.250. The van der Waals surface area contributed by atoms with Crippen molar-refractivity contribution >= 4 is 5.69 Å². The minimum atomic E-state index is 0.179. The van der Waals surface area contributed by atoms with E-state index in [2.05, 4.69) is 12.2 Å². The molecule has 3 nitrogen and oxygen atoms in total. The number of hydrogen-bond donors (Lipinski definition) is 2. The lowest BCUT2D eigenvalue weighted by molar-refractivity contribution is 0.340. The molecule has 0 aliphatic rings. The second-order valence-corrected chi connectivity index (χ2v) is 4.41. The van der Waals surface area contributed by atoms with Gasteiger partial charge in [0.1, 0.15) is 11.5 Å². The summed E-state index contributed by atoms with van der Waals surface area (Å²) in [5.74, 6) is 1.17. The highest BCUT2D eigenvalue weighted by molar-refractivity contribution is 5.48. The van der Waals surface area contributed by atoms with Crippen molar-refractivity contribution in [2.75, 3.05) is 11.9 Å². The molecule has 2 aromatic carbocycles. The first-order valence-electron chi connectivity index (χ1n) is 6.47. The summed E-state index contributed by atoms with van der Waals surface area (Å²) < 4.78 is 5.41. The third-order valence-electron chi connectivity index (χ3n) is 2.94. The lowest BCUT2D eigenvalue weighted by Crippen LogP contribution is -2.06. The van der Waals surface area contributed by atoms with E-state index in [0.717, 1.165) is 17.0 Å². The second-order valence-electron chi connectivity index (χ2n) is 4.41. The molecule has 0 saturated heterocycles. The Morgan fingerprint density at radius 2 is 1.68 bits per heavy atom. The van der Waals surface area contributed by atoms with E-state index in [0.29, 0.717) is 6.61 Å². The first-order valence-corrected chi connectivity index (χ1v) is 6.47. The average molecular weight is 257 g/mol. The number of phenolic OH excluding ortho intramolecular Hbond substituents is 1. The van der Waals surface area contributed by atoms with Crippen LogP contribution < -0.4 is 10.1 Å². The van der Waals surface area contributed by atoms with Gasteiger partial charge in [-0.2, -0.15) is 0 Å². The molecule has 2 aromatic rings. The Hall–Kier alpha value is -2.16. The van der Waals surface area contributed by atoms with Gasteiger partial charge in [-0.25, -0.2) is 0 Å². The van der Waals surface area contributed by atoms with Crippen LogP contribution in [0.25, 0.3) is 0 Å². The topological polar surface area (TPSA) is 41.5 Å². The highest BCUT2D eigenvalue weighted by Crippen LogP contribution is 2.22. The Morgan fingerprint density at radius 1 is 1.05 bits per heavy atom. The van der Waals surface area contributed by atoms with Gasteiger partial charge in [0, 0.05) is 11.7 Å². The zero-order chi connectivity index (χ0) is 13.7. The molecule has 2 N–H and O–H groups in total. The minimum Gasteiger partial charge on any atom is -0.508 e. The average Bonchev–Trinajstić information content (AvgIpc) is 2.42. The lowest BCUT2D eigenvalue weighted by Gasteiger charge is -2.16. The number of anilines is 1. The third kappa shape index (κ3) is 3.65. The molecule has 0 heterocycles. The van der Waals surface area contributed by atoms with E-state index < -0.39 is 0 Å². The second kappa shape index (κ2) is 6.14. The van der Waals surface area contributed by atoms with Crippen LogP contribution in [0.2, 0.25) is 0 Å². The molecule has 19 heavy (non-hydrogen) atoms. The molecule has 0 saturated carbocycles. The van der Waals surface area contributed by atoms with Gasteiger partial charge in [-0.15, -0.1) is 0 Å². The standard InChI is InChI=1S/C16H19NO2/c1-3-19-16-10-6-14(7-11-16)17-12(2)13-4-8-15(18)9-5-13/h4-12,17-18H,3H2,1-2H3. The Bertz CT molecular complexity index is 505. The normalized spacial score (nSPS) is 11.9. The molecule has 0 fully saturated rings. The zero-order valence-electron chi connectivity index (χ0n) is 11.3. The van der Waals surface area contributed by atoms with E-state index in [-0.39, 0.29) is 11.8 Å². The van der Waals surface area contributed by atoms with Crippen LogP contribution in [-0.2, 0) is 0 Å². The van der Waals surface area contributed by atoms with E-state index in [4.69, 9.17) is 4.74 Å². The molecule has 1 atom stereocenters. The number of ether oxygens (including phenoxy) is 1. The number of hydrogen-bond acceptors (Lipinski definition) is 3. The van der Waals surface area contributed by atoms with E-state index >= 15 is 0 Å². The van der Waals surface area contributed by atoms with E-state index in [1.165, 1.54) is 0 Å². The Kier molecular flexibility index (Phi) is 4.29. The Morgan fingerprint density at radius 3 is 2.26 bits per heavy atom. The Balaban J connectivity index is 2.01. The molecule has 0 aromatic heterocycles. The molecule has 0 bridgehead atoms. The lowest BCUT2D eigenvalue weighted by atomic mass is 10.1. The third-order valence-corrected chi connectivity index (χ3v) is 2.94. The summed E-state index contributed by atoms with van der Waals surface area (Å²) in [7, 11) is 0. The quantitative estimate of drug-likeness (QED) is 0.851. The van der Waals surface area contributed by atoms with Crippen molar-refractivity contribution in [2.24, 2.45) is 0 Å². The predicted molar refractivity (Wildman–Crippen MR) is 77.8 cm³/mol. The van der Waals surface area contributed by atoms with Gasteiger partial charge in [0.05, 0.1) is 6.61 Å². The van der Waals surface area contributed by atoms with Crippen molar-refractivity contribution in [2.45, 2.75) is 19.9 Å². The van der Waals surface area contributed by atoms with Gasteiger partial charge >= 0.3 is 0 Å². The van der Waals surface area contributed by atoms with Gasteiger partial charge in [-0.3, -0.25) is 0 Å². The molecule has 100 valence electrons. The number of phenols is 1. The van der Waals surface area contributed by atoms with Gasteiger partial charge < -0.3 is 15.2 Å². The fourth-order valence-electron chi connectivity index (χ4n) is 1.91. The fourth-order valence-corrected chi connectivity index (χ4v) is 1.91. The van der Waals surface area contributed by atoms with E-state index in [9.17, 15) is 5.11 Å². The molecular formula is C16H19NO2. The van der Waals surface area contributed by atoms with Gasteiger partial charge in [0.15, 0.2) is 0 Å². The summed E-state index contributed by atoms with van der Waals surface area (Å²) in [4.78, 5) is 0. The molecular weight excluding hydrogens is 238 g/mol. The van der Waals surface area contributed by atoms with Crippen LogP contribution in [0.1, 0.15) is 25.5 Å². The van der Waals surface area contributed by atoms with Crippen molar-refractivity contribution in [3.05, 3.63) is 54.1 Å². The monoisotopic (exact) mass is 257 g/mol. The predicted octanol–water partition coefficient (Wildman–Crippen LogP) is 3.96. The molecule has 2 rings (SSSR count). The number of aromatic hydroxyl groups is 1. The summed E-state index contributed by atoms with van der Waals surface area (Å²) >= 11 is 0. The molecule has 0 radical (unpaired) electrons. The van der Waals surface area contributed by atoms with Crippen LogP contribution in [0.15, 0.2) is 48.5 Å². The maximum atomic E-state index is 9.27. The first kappa shape index (κ1) is 13.3. The van der Waals surface area contributed by atoms with Gasteiger partial charge in [-0.05, 0) is 55.8 Å². The maximum absolute atomic E-state index is 9.27. The largest absolute Gasteiger partial charge is 0.508 e. The van der Waals surface area contributed by atoms with Crippen molar-refractivity contribution in [3.8, 4) is 11.5 Å². The molecule has 0 aliphatic heterocycles. The van der Waals surface area contributed by atoms with Crippen LogP contribution in [0.4, 0.5) is 5.69 Å². The molecule has 1 unspecified atom stereocenters. The van der Waals surface area contributed by atoms with Crippen LogP contribution in [-0.4, -0.2) is 11.7 Å². The number of nitrogens with one attached hydrogen (secondary N) is 1. The minimum absolute atomic E-state index is 0.179. The SMILES string of the molecule is CCOc1ccc(NC(C)c2ccc(O)cc2)cc1. The van der Waals surface area contributed by atoms with Gasteiger partial charge in [-0.1, -0.05) is 12.1 Å². The smallest absolute Gasteiger partial charge is 0.119 e. The summed E-state index contributed by atoms with van der Waals surface area (Å²) in [6.07, 6.45) is 0. The van der Waals surface area contributed by atoms with Gasteiger partial charge in [0.25, 0.3) is 0 Å². The van der Waals surface area contributed by atoms with Crippen LogP contribution in [0.5, 0.6) is 11.5 Å². The van der Waals surface area contributed by atoms with Gasteiger partial charge in [0.2, 0.25) is 0 Å². The number of benzene rings is 2. The van der Waals surface area contributed by atoms with E-state index in [1.807, 2.05) is 43.3 Å². The maximum Gasteiger partial charge on any atom is 0.119 e. The van der Waals surface area contributed by atoms with E-state index in [1.54, 1.807) is 12.1 Å². The molecule has 0 spiro atoms. The molecule has 0 amide bonds. The highest BCUT2D eigenvalue weighted by atomic mass is 16.5. The first-order chi connectivity index (χ1) is 9.19. The van der Waals surface area contributed by atoms with Crippen molar-refractivity contribution in [3.63, 3.8) is 0 Å². The van der Waals surface area contributed by atoms with Crippen molar-refractivity contribution in [1.29, 1.82) is 0 Å². The zero-order valence-corrected chi connectivity index (χ0v) is 11.3. The molecule has 0 aliphatic carbocycles. The summed E-state index contributed by atoms with van der Waals surface area (Å²) in [5.41, 5.74) is 2.18. The Labute approximate surface area is 113 Å². The highest BCUT2D eigenvalue weighted by Gasteiger charge is 2.05. The van der Waals surface area contributed by atoms with Crippen LogP contribution in [0, 0.1) is 0 Å². The van der Waals surface area contributed by atoms with Crippen LogP contribution in [0.3, 0.4) is 0 Å². The summed E-state index contributed by atoms with van der Waals surface area (Å²) in [5, 5.41) is 12.7. The van der Waals surface area contributed by atoms with Crippen molar-refractivity contribution < 1.29 is 9.84 Å². The number of rotatable bonds is 5. The summed E-state index contributed by atoms with van der Waals surface area (Å²) in [6.45, 7) is 4.73. The molecule has 3 heteroatoms. The van der Waals surface area contributed by atoms with Crippen LogP contribution >= 0.6 is 0 Å². The summed E-state index contributed by atoms with van der Waals surface area (Å²) in [6, 6.07) is 15.3. The van der Waals surface area contributed by atoms with Crippen molar-refractivity contribution in [1.82, 2.24) is 0 Å².